The lowest BCUT2D eigenvalue weighted by Crippen LogP contribution is -2.24. The molecule has 0 saturated heterocycles. The van der Waals surface area contributed by atoms with Crippen molar-refractivity contribution in [2.45, 2.75) is 20.4 Å². The first-order valence-electron chi connectivity index (χ1n) is 7.60. The zero-order valence-electron chi connectivity index (χ0n) is 13.6. The van der Waals surface area contributed by atoms with Crippen LogP contribution in [0.5, 0.6) is 0 Å². The average molecular weight is 338 g/mol. The third-order valence-corrected chi connectivity index (χ3v) is 4.53. The Labute approximate surface area is 144 Å². The molecular weight excluding hydrogens is 320 g/mol. The zero-order valence-corrected chi connectivity index (χ0v) is 14.4. The summed E-state index contributed by atoms with van der Waals surface area (Å²) >= 11 is 1.63. The number of carbonyl (C=O) groups is 1. The maximum absolute atomic E-state index is 11.9. The summed E-state index contributed by atoms with van der Waals surface area (Å²) in [5, 5.41) is 8.29. The van der Waals surface area contributed by atoms with Gasteiger partial charge in [-0.15, -0.1) is 11.3 Å². The normalized spacial score (nSPS) is 11.1. The van der Waals surface area contributed by atoms with Crippen LogP contribution in [0.2, 0.25) is 0 Å². The Hall–Kier alpha value is -2.73. The number of thiophene rings is 1. The van der Waals surface area contributed by atoms with Crippen LogP contribution in [-0.2, 0) is 11.3 Å². The molecule has 0 spiro atoms. The van der Waals surface area contributed by atoms with E-state index < -0.39 is 0 Å². The van der Waals surface area contributed by atoms with E-state index in [0.29, 0.717) is 0 Å². The molecule has 1 amide bonds. The predicted molar refractivity (Wildman–Crippen MR) is 97.2 cm³/mol. The van der Waals surface area contributed by atoms with Crippen LogP contribution in [0.25, 0.3) is 10.4 Å². The van der Waals surface area contributed by atoms with Crippen LogP contribution < -0.4 is 5.43 Å². The van der Waals surface area contributed by atoms with Gasteiger partial charge in [0, 0.05) is 15.4 Å². The van der Waals surface area contributed by atoms with E-state index >= 15 is 0 Å². The van der Waals surface area contributed by atoms with Gasteiger partial charge < -0.3 is 0 Å². The van der Waals surface area contributed by atoms with Crippen LogP contribution in [0.3, 0.4) is 0 Å². The third-order valence-electron chi connectivity index (χ3n) is 3.46. The number of nitrogens with zero attached hydrogens (tertiary/aromatic N) is 3. The van der Waals surface area contributed by atoms with Gasteiger partial charge in [0.05, 0.1) is 11.9 Å². The van der Waals surface area contributed by atoms with Gasteiger partial charge in [0.15, 0.2) is 0 Å². The number of nitrogens with one attached hydrogen (secondary N) is 1. The topological polar surface area (TPSA) is 59.3 Å². The number of rotatable bonds is 5. The summed E-state index contributed by atoms with van der Waals surface area (Å²) in [6.45, 7) is 3.99. The second kappa shape index (κ2) is 7.23. The molecule has 122 valence electrons. The SMILES string of the molecule is Cc1cc(C)n(CC(=O)N/N=C\c2ccc(-c3ccccc3)s2)n1. The monoisotopic (exact) mass is 338 g/mol. The molecule has 24 heavy (non-hydrogen) atoms. The van der Waals surface area contributed by atoms with E-state index in [4.69, 9.17) is 0 Å². The second-order valence-electron chi connectivity index (χ2n) is 5.45. The maximum Gasteiger partial charge on any atom is 0.261 e. The lowest BCUT2D eigenvalue weighted by Gasteiger charge is -2.02. The molecule has 0 bridgehead atoms. The lowest BCUT2D eigenvalue weighted by molar-refractivity contribution is -0.121. The largest absolute Gasteiger partial charge is 0.271 e. The van der Waals surface area contributed by atoms with E-state index in [1.807, 2.05) is 44.2 Å². The van der Waals surface area contributed by atoms with Crippen molar-refractivity contribution in [3.05, 3.63) is 64.8 Å². The minimum absolute atomic E-state index is 0.163. The molecule has 0 unspecified atom stereocenters. The fourth-order valence-electron chi connectivity index (χ4n) is 2.35. The molecule has 1 aromatic carbocycles. The van der Waals surface area contributed by atoms with E-state index in [-0.39, 0.29) is 12.5 Å². The first kappa shape index (κ1) is 16.1. The van der Waals surface area contributed by atoms with Crippen molar-refractivity contribution in [1.29, 1.82) is 0 Å². The molecule has 0 atom stereocenters. The van der Waals surface area contributed by atoms with E-state index in [1.165, 1.54) is 10.4 Å². The Morgan fingerprint density at radius 2 is 2.04 bits per heavy atom. The Morgan fingerprint density at radius 1 is 1.25 bits per heavy atom. The quantitative estimate of drug-likeness (QED) is 0.573. The smallest absolute Gasteiger partial charge is 0.261 e. The number of carbonyl (C=O) groups excluding carboxylic acids is 1. The summed E-state index contributed by atoms with van der Waals surface area (Å²) < 4.78 is 1.67. The summed E-state index contributed by atoms with van der Waals surface area (Å²) in [4.78, 5) is 14.1. The summed E-state index contributed by atoms with van der Waals surface area (Å²) in [6.07, 6.45) is 1.66. The van der Waals surface area contributed by atoms with Gasteiger partial charge in [-0.2, -0.15) is 10.2 Å². The lowest BCUT2D eigenvalue weighted by atomic mass is 10.2. The highest BCUT2D eigenvalue weighted by Gasteiger charge is 2.06. The predicted octanol–water partition coefficient (Wildman–Crippen LogP) is 3.38. The highest BCUT2D eigenvalue weighted by molar-refractivity contribution is 7.17. The Balaban J connectivity index is 1.57. The standard InChI is InChI=1S/C18H18N4OS/c1-13-10-14(2)22(21-13)12-18(23)20-19-11-16-8-9-17(24-16)15-6-4-3-5-7-15/h3-11H,12H2,1-2H3,(H,20,23)/b19-11-. The molecule has 0 aliphatic rings. The van der Waals surface area contributed by atoms with Crippen molar-refractivity contribution in [1.82, 2.24) is 15.2 Å². The minimum atomic E-state index is -0.197. The van der Waals surface area contributed by atoms with Gasteiger partial charge in [-0.25, -0.2) is 5.43 Å². The summed E-state index contributed by atoms with van der Waals surface area (Å²) in [5.74, 6) is -0.197. The van der Waals surface area contributed by atoms with Gasteiger partial charge in [-0.3, -0.25) is 9.48 Å². The van der Waals surface area contributed by atoms with E-state index in [9.17, 15) is 4.79 Å². The summed E-state index contributed by atoms with van der Waals surface area (Å²) in [5.41, 5.74) is 5.57. The van der Waals surface area contributed by atoms with Gasteiger partial charge in [-0.1, -0.05) is 30.3 Å². The van der Waals surface area contributed by atoms with Gasteiger partial charge in [0.2, 0.25) is 0 Å². The molecule has 0 aliphatic carbocycles. The molecule has 0 fully saturated rings. The zero-order chi connectivity index (χ0) is 16.9. The number of hydrogen-bond acceptors (Lipinski definition) is 4. The molecule has 0 radical (unpaired) electrons. The number of benzene rings is 1. The van der Waals surface area contributed by atoms with Gasteiger partial charge in [0.25, 0.3) is 5.91 Å². The first-order valence-corrected chi connectivity index (χ1v) is 8.42. The molecule has 1 N–H and O–H groups in total. The fraction of sp³-hybridized carbons (Fsp3) is 0.167. The van der Waals surface area contributed by atoms with Crippen molar-refractivity contribution in [3.8, 4) is 10.4 Å². The highest BCUT2D eigenvalue weighted by Crippen LogP contribution is 2.26. The summed E-state index contributed by atoms with van der Waals surface area (Å²) in [7, 11) is 0. The fourth-order valence-corrected chi connectivity index (χ4v) is 3.24. The number of aryl methyl sites for hydroxylation is 2. The molecule has 5 nitrogen and oxygen atoms in total. The Bertz CT molecular complexity index is 864. The highest BCUT2D eigenvalue weighted by atomic mass is 32.1. The van der Waals surface area contributed by atoms with Crippen LogP contribution in [0.15, 0.2) is 53.6 Å². The number of amides is 1. The van der Waals surface area contributed by atoms with Crippen LogP contribution in [-0.4, -0.2) is 21.9 Å². The molecule has 0 saturated carbocycles. The summed E-state index contributed by atoms with van der Waals surface area (Å²) in [6, 6.07) is 16.2. The number of aromatic nitrogens is 2. The number of hydrogen-bond donors (Lipinski definition) is 1. The molecule has 6 heteroatoms. The van der Waals surface area contributed by atoms with Gasteiger partial charge >= 0.3 is 0 Å². The van der Waals surface area contributed by atoms with Crippen LogP contribution in [0, 0.1) is 13.8 Å². The Kier molecular flexibility index (Phi) is 4.86. The van der Waals surface area contributed by atoms with Crippen LogP contribution in [0.4, 0.5) is 0 Å². The van der Waals surface area contributed by atoms with Crippen molar-refractivity contribution >= 4 is 23.5 Å². The van der Waals surface area contributed by atoms with Gasteiger partial charge in [0.1, 0.15) is 6.54 Å². The van der Waals surface area contributed by atoms with Crippen molar-refractivity contribution in [2.24, 2.45) is 5.10 Å². The molecule has 0 aliphatic heterocycles. The maximum atomic E-state index is 11.9. The van der Waals surface area contributed by atoms with E-state index in [1.54, 1.807) is 22.2 Å². The molecule has 3 aromatic rings. The van der Waals surface area contributed by atoms with Crippen LogP contribution >= 0.6 is 11.3 Å². The number of hydrazone groups is 1. The molecule has 3 rings (SSSR count). The first-order chi connectivity index (χ1) is 11.6. The Morgan fingerprint density at radius 3 is 2.75 bits per heavy atom. The van der Waals surface area contributed by atoms with Crippen molar-refractivity contribution < 1.29 is 4.79 Å². The molecular formula is C18H18N4OS. The van der Waals surface area contributed by atoms with E-state index in [2.05, 4.69) is 33.8 Å². The second-order valence-corrected chi connectivity index (χ2v) is 6.56. The molecule has 2 aromatic heterocycles. The minimum Gasteiger partial charge on any atom is -0.271 e. The molecule has 2 heterocycles. The van der Waals surface area contributed by atoms with Crippen molar-refractivity contribution in [3.63, 3.8) is 0 Å². The van der Waals surface area contributed by atoms with Gasteiger partial charge in [-0.05, 0) is 37.6 Å². The average Bonchev–Trinajstić information content (AvgIpc) is 3.15. The third kappa shape index (κ3) is 3.97. The van der Waals surface area contributed by atoms with Crippen LogP contribution in [0.1, 0.15) is 16.3 Å². The van der Waals surface area contributed by atoms with E-state index in [0.717, 1.165) is 16.3 Å². The van der Waals surface area contributed by atoms with Crippen molar-refractivity contribution in [2.75, 3.05) is 0 Å².